The van der Waals surface area contributed by atoms with Gasteiger partial charge in [0.25, 0.3) is 0 Å². The van der Waals surface area contributed by atoms with E-state index in [-0.39, 0.29) is 25.2 Å². The van der Waals surface area contributed by atoms with Crippen molar-refractivity contribution in [2.75, 3.05) is 13.2 Å². The number of carbonyl (C=O) groups excluding carboxylic acids is 2. The Morgan fingerprint density at radius 3 is 1.61 bits per heavy atom. The molecule has 1 unspecified atom stereocenters. The number of carbonyl (C=O) groups is 2. The van der Waals surface area contributed by atoms with E-state index >= 15 is 0 Å². The Morgan fingerprint density at radius 1 is 0.610 bits per heavy atom. The molecule has 0 fully saturated rings. The number of aliphatic hydroxyl groups excluding tert-OH is 2. The second-order valence-corrected chi connectivity index (χ2v) is 11.1. The van der Waals surface area contributed by atoms with Crippen LogP contribution in [0, 0.1) is 0 Å². The van der Waals surface area contributed by atoms with Crippen LogP contribution < -0.4 is 0 Å². The maximum absolute atomic E-state index is 11.9. The first-order valence-electron chi connectivity index (χ1n) is 16.6. The summed E-state index contributed by atoms with van der Waals surface area (Å²) in [5, 5.41) is 19.9. The van der Waals surface area contributed by atoms with Gasteiger partial charge in [0.05, 0.1) is 6.10 Å². The second-order valence-electron chi connectivity index (χ2n) is 11.1. The molecular formula is C35H62O6. The number of esters is 2. The van der Waals surface area contributed by atoms with Gasteiger partial charge in [-0.2, -0.15) is 0 Å². The molecule has 0 aromatic heterocycles. The van der Waals surface area contributed by atoms with E-state index in [1.165, 1.54) is 51.4 Å². The first-order valence-corrected chi connectivity index (χ1v) is 16.6. The molecule has 0 saturated carbocycles. The lowest BCUT2D eigenvalue weighted by atomic mass is 10.1. The molecule has 0 aromatic rings. The summed E-state index contributed by atoms with van der Waals surface area (Å²) in [5.74, 6) is -0.641. The molecule has 2 N–H and O–H groups in total. The summed E-state index contributed by atoms with van der Waals surface area (Å²) >= 11 is 0. The van der Waals surface area contributed by atoms with Gasteiger partial charge in [-0.15, -0.1) is 0 Å². The Kier molecular flexibility index (Phi) is 29.6. The minimum Gasteiger partial charge on any atom is -0.463 e. The molecule has 41 heavy (non-hydrogen) atoms. The molecule has 0 radical (unpaired) electrons. The van der Waals surface area contributed by atoms with E-state index in [2.05, 4.69) is 32.1 Å². The smallest absolute Gasteiger partial charge is 0.305 e. The molecule has 0 aliphatic rings. The zero-order valence-electron chi connectivity index (χ0n) is 26.4. The number of rotatable bonds is 29. The van der Waals surface area contributed by atoms with E-state index in [9.17, 15) is 19.8 Å². The molecule has 0 amide bonds. The first-order chi connectivity index (χ1) is 20.0. The van der Waals surface area contributed by atoms with Crippen LogP contribution in [-0.4, -0.2) is 47.6 Å². The summed E-state index contributed by atoms with van der Waals surface area (Å²) in [4.78, 5) is 23.8. The third kappa shape index (κ3) is 30.9. The Balaban J connectivity index is 3.56. The molecule has 0 rings (SSSR count). The molecular weight excluding hydrogens is 516 g/mol. The zero-order valence-corrected chi connectivity index (χ0v) is 26.4. The molecule has 6 nitrogen and oxygen atoms in total. The van der Waals surface area contributed by atoms with Crippen LogP contribution in [-0.2, 0) is 19.1 Å². The summed E-state index contributed by atoms with van der Waals surface area (Å²) < 4.78 is 10.2. The van der Waals surface area contributed by atoms with Crippen molar-refractivity contribution < 1.29 is 29.3 Å². The largest absolute Gasteiger partial charge is 0.463 e. The predicted octanol–water partition coefficient (Wildman–Crippen LogP) is 8.70. The maximum atomic E-state index is 11.9. The van der Waals surface area contributed by atoms with Crippen LogP contribution in [0.1, 0.15) is 149 Å². The van der Waals surface area contributed by atoms with Gasteiger partial charge in [0.1, 0.15) is 19.3 Å². The molecule has 6 heteroatoms. The molecule has 0 aromatic carbocycles. The van der Waals surface area contributed by atoms with Gasteiger partial charge in [0.15, 0.2) is 0 Å². The lowest BCUT2D eigenvalue weighted by molar-refractivity contribution is -0.152. The van der Waals surface area contributed by atoms with Gasteiger partial charge < -0.3 is 19.7 Å². The van der Waals surface area contributed by atoms with Crippen molar-refractivity contribution in [1.82, 2.24) is 0 Å². The molecule has 0 aliphatic carbocycles. The van der Waals surface area contributed by atoms with Crippen LogP contribution in [0.4, 0.5) is 0 Å². The SMILES string of the molecule is CC/C=C/C/C=C/C=C/C(O)CCCCCCCC(=O)OC[C@H](O)COC(=O)CCCCCCCCCCCCC. The number of unbranched alkanes of at least 4 members (excludes halogenated alkanes) is 14. The van der Waals surface area contributed by atoms with Crippen molar-refractivity contribution in [1.29, 1.82) is 0 Å². The highest BCUT2D eigenvalue weighted by Gasteiger charge is 2.12. The van der Waals surface area contributed by atoms with Gasteiger partial charge in [-0.25, -0.2) is 0 Å². The molecule has 0 spiro atoms. The van der Waals surface area contributed by atoms with Gasteiger partial charge >= 0.3 is 11.9 Å². The summed E-state index contributed by atoms with van der Waals surface area (Å²) in [7, 11) is 0. The van der Waals surface area contributed by atoms with Gasteiger partial charge in [-0.05, 0) is 32.1 Å². The zero-order chi connectivity index (χ0) is 30.2. The van der Waals surface area contributed by atoms with Gasteiger partial charge in [-0.3, -0.25) is 9.59 Å². The van der Waals surface area contributed by atoms with Crippen LogP contribution in [0.3, 0.4) is 0 Å². The minimum atomic E-state index is -0.992. The van der Waals surface area contributed by atoms with Crippen LogP contribution in [0.15, 0.2) is 36.5 Å². The lowest BCUT2D eigenvalue weighted by Gasteiger charge is -2.12. The van der Waals surface area contributed by atoms with E-state index in [1.807, 2.05) is 18.2 Å². The average Bonchev–Trinajstić information content (AvgIpc) is 2.96. The maximum Gasteiger partial charge on any atom is 0.305 e. The van der Waals surface area contributed by atoms with E-state index < -0.39 is 12.2 Å². The van der Waals surface area contributed by atoms with Crippen molar-refractivity contribution in [2.24, 2.45) is 0 Å². The van der Waals surface area contributed by atoms with Crippen molar-refractivity contribution in [3.8, 4) is 0 Å². The third-order valence-electron chi connectivity index (χ3n) is 6.99. The quantitative estimate of drug-likeness (QED) is 0.0399. The number of hydrogen-bond acceptors (Lipinski definition) is 6. The summed E-state index contributed by atoms with van der Waals surface area (Å²) in [5.41, 5.74) is 0. The molecule has 238 valence electrons. The highest BCUT2D eigenvalue weighted by atomic mass is 16.6. The van der Waals surface area contributed by atoms with Crippen LogP contribution in [0.2, 0.25) is 0 Å². The van der Waals surface area contributed by atoms with Crippen LogP contribution in [0.25, 0.3) is 0 Å². The van der Waals surface area contributed by atoms with E-state index in [0.29, 0.717) is 12.8 Å². The minimum absolute atomic E-state index is 0.141. The van der Waals surface area contributed by atoms with Crippen molar-refractivity contribution in [3.63, 3.8) is 0 Å². The fraction of sp³-hybridized carbons (Fsp3) is 0.771. The van der Waals surface area contributed by atoms with Gasteiger partial charge in [0, 0.05) is 12.8 Å². The number of ether oxygens (including phenoxy) is 2. The molecule has 0 heterocycles. The normalized spacial score (nSPS) is 13.4. The van der Waals surface area contributed by atoms with Gasteiger partial charge in [0.2, 0.25) is 0 Å². The van der Waals surface area contributed by atoms with Crippen LogP contribution >= 0.6 is 0 Å². The Morgan fingerprint density at radius 2 is 1.10 bits per heavy atom. The molecule has 0 aliphatic heterocycles. The molecule has 0 saturated heterocycles. The molecule has 0 bridgehead atoms. The Labute approximate surface area is 251 Å². The van der Waals surface area contributed by atoms with E-state index in [0.717, 1.165) is 70.6 Å². The first kappa shape index (κ1) is 39.1. The number of allylic oxidation sites excluding steroid dienone is 5. The topological polar surface area (TPSA) is 93.1 Å². The predicted molar refractivity (Wildman–Crippen MR) is 170 cm³/mol. The summed E-state index contributed by atoms with van der Waals surface area (Å²) in [6.45, 7) is 4.06. The Bertz CT molecular complexity index is 684. The second kappa shape index (κ2) is 31.0. The van der Waals surface area contributed by atoms with E-state index in [4.69, 9.17) is 9.47 Å². The standard InChI is InChI=1S/C35H62O6/c1-3-5-7-9-11-12-13-14-16-20-24-28-34(38)40-30-33(37)31-41-35(39)29-25-21-17-19-23-27-32(36)26-22-18-15-10-8-6-4-2/h6,8,15,18,22,26,32-33,36-37H,3-5,7,9-14,16-17,19-21,23-25,27-31H2,1-2H3/b8-6+,18-15+,26-22+/t32?,33-/m1/s1. The highest BCUT2D eigenvalue weighted by molar-refractivity contribution is 5.69. The van der Waals surface area contributed by atoms with Crippen molar-refractivity contribution in [3.05, 3.63) is 36.5 Å². The number of hydrogen-bond donors (Lipinski definition) is 2. The Hall–Kier alpha value is -1.92. The molecule has 2 atom stereocenters. The number of aliphatic hydroxyl groups is 2. The van der Waals surface area contributed by atoms with Crippen molar-refractivity contribution in [2.45, 2.75) is 161 Å². The third-order valence-corrected chi connectivity index (χ3v) is 6.99. The fourth-order valence-electron chi connectivity index (χ4n) is 4.44. The van der Waals surface area contributed by atoms with Crippen molar-refractivity contribution >= 4 is 11.9 Å². The summed E-state index contributed by atoms with van der Waals surface area (Å²) in [6.07, 6.45) is 32.1. The van der Waals surface area contributed by atoms with E-state index in [1.54, 1.807) is 0 Å². The highest BCUT2D eigenvalue weighted by Crippen LogP contribution is 2.13. The monoisotopic (exact) mass is 578 g/mol. The fourth-order valence-corrected chi connectivity index (χ4v) is 4.44. The van der Waals surface area contributed by atoms with Crippen LogP contribution in [0.5, 0.6) is 0 Å². The lowest BCUT2D eigenvalue weighted by Crippen LogP contribution is -2.25. The van der Waals surface area contributed by atoms with Gasteiger partial charge in [-0.1, -0.05) is 140 Å². The summed E-state index contributed by atoms with van der Waals surface area (Å²) in [6, 6.07) is 0. The average molecular weight is 579 g/mol.